The van der Waals surface area contributed by atoms with Gasteiger partial charge in [0.2, 0.25) is 0 Å². The molecule has 6 heteroatoms. The van der Waals surface area contributed by atoms with Gasteiger partial charge >= 0.3 is 0 Å². The SMILES string of the molecule is Fc1ccc(CN2CC[C@]3(COCc4cnc(-c5cccnc5)nc43)C2)cc1. The molecule has 5 rings (SSSR count). The highest BCUT2D eigenvalue weighted by Gasteiger charge is 2.44. The summed E-state index contributed by atoms with van der Waals surface area (Å²) in [5.74, 6) is 0.515. The van der Waals surface area contributed by atoms with Crippen LogP contribution in [0.25, 0.3) is 11.4 Å². The van der Waals surface area contributed by atoms with Crippen LogP contribution in [0.3, 0.4) is 0 Å². The maximum atomic E-state index is 13.2. The van der Waals surface area contributed by atoms with Crippen molar-refractivity contribution in [2.45, 2.75) is 25.0 Å². The third-order valence-electron chi connectivity index (χ3n) is 5.67. The van der Waals surface area contributed by atoms with E-state index in [4.69, 9.17) is 9.72 Å². The Morgan fingerprint density at radius 1 is 1.14 bits per heavy atom. The van der Waals surface area contributed by atoms with Gasteiger partial charge in [0.1, 0.15) is 5.82 Å². The van der Waals surface area contributed by atoms with Crippen LogP contribution >= 0.6 is 0 Å². The van der Waals surface area contributed by atoms with Crippen molar-refractivity contribution in [1.29, 1.82) is 0 Å². The minimum atomic E-state index is -0.198. The monoisotopic (exact) mass is 376 g/mol. The van der Waals surface area contributed by atoms with Crippen molar-refractivity contribution < 1.29 is 9.13 Å². The van der Waals surface area contributed by atoms with E-state index in [0.29, 0.717) is 19.0 Å². The van der Waals surface area contributed by atoms with E-state index in [1.165, 1.54) is 12.1 Å². The molecule has 4 heterocycles. The number of hydrogen-bond acceptors (Lipinski definition) is 5. The van der Waals surface area contributed by atoms with Gasteiger partial charge in [-0.05, 0) is 42.8 Å². The van der Waals surface area contributed by atoms with Crippen molar-refractivity contribution in [3.8, 4) is 11.4 Å². The lowest BCUT2D eigenvalue weighted by molar-refractivity contribution is 0.0503. The quantitative estimate of drug-likeness (QED) is 0.702. The van der Waals surface area contributed by atoms with Crippen LogP contribution in [0, 0.1) is 5.82 Å². The Balaban J connectivity index is 1.43. The van der Waals surface area contributed by atoms with E-state index < -0.39 is 0 Å². The normalized spacial score (nSPS) is 21.8. The summed E-state index contributed by atoms with van der Waals surface area (Å²) in [6, 6.07) is 10.6. The van der Waals surface area contributed by atoms with E-state index in [0.717, 1.165) is 48.4 Å². The molecule has 3 aromatic rings. The van der Waals surface area contributed by atoms with Gasteiger partial charge in [-0.15, -0.1) is 0 Å². The zero-order chi connectivity index (χ0) is 19.0. The van der Waals surface area contributed by atoms with Crippen molar-refractivity contribution in [3.05, 3.63) is 77.6 Å². The van der Waals surface area contributed by atoms with E-state index >= 15 is 0 Å². The van der Waals surface area contributed by atoms with Crippen LogP contribution in [0.15, 0.2) is 55.0 Å². The molecule has 1 fully saturated rings. The van der Waals surface area contributed by atoms with Crippen LogP contribution in [-0.2, 0) is 23.3 Å². The number of fused-ring (bicyclic) bond motifs is 2. The first-order valence-corrected chi connectivity index (χ1v) is 9.53. The summed E-state index contributed by atoms with van der Waals surface area (Å²) in [6.45, 7) is 3.87. The molecule has 28 heavy (non-hydrogen) atoms. The second-order valence-corrected chi connectivity index (χ2v) is 7.67. The molecule has 0 aliphatic carbocycles. The fourth-order valence-corrected chi connectivity index (χ4v) is 4.28. The van der Waals surface area contributed by atoms with Gasteiger partial charge in [0.15, 0.2) is 5.82 Å². The molecule has 0 amide bonds. The van der Waals surface area contributed by atoms with Crippen molar-refractivity contribution in [2.75, 3.05) is 19.7 Å². The molecule has 0 N–H and O–H groups in total. The van der Waals surface area contributed by atoms with Crippen molar-refractivity contribution in [2.24, 2.45) is 0 Å². The summed E-state index contributed by atoms with van der Waals surface area (Å²) in [5.41, 5.74) is 4.10. The van der Waals surface area contributed by atoms with E-state index in [-0.39, 0.29) is 11.2 Å². The van der Waals surface area contributed by atoms with Gasteiger partial charge in [-0.1, -0.05) is 12.1 Å². The number of rotatable bonds is 3. The molecule has 2 aliphatic heterocycles. The van der Waals surface area contributed by atoms with E-state index in [1.807, 2.05) is 30.5 Å². The second kappa shape index (κ2) is 7.04. The molecule has 142 valence electrons. The fraction of sp³-hybridized carbons (Fsp3) is 0.318. The lowest BCUT2D eigenvalue weighted by atomic mass is 9.80. The average Bonchev–Trinajstić information content (AvgIpc) is 3.13. The zero-order valence-electron chi connectivity index (χ0n) is 15.5. The second-order valence-electron chi connectivity index (χ2n) is 7.67. The molecule has 1 atom stereocenters. The first-order chi connectivity index (χ1) is 13.7. The Bertz CT molecular complexity index is 980. The Morgan fingerprint density at radius 3 is 2.86 bits per heavy atom. The summed E-state index contributed by atoms with van der Waals surface area (Å²) < 4.78 is 19.1. The average molecular weight is 376 g/mol. The number of likely N-dealkylation sites (tertiary alicyclic amines) is 1. The summed E-state index contributed by atoms with van der Waals surface area (Å²) in [6.07, 6.45) is 6.43. The lowest BCUT2D eigenvalue weighted by Crippen LogP contribution is -2.40. The van der Waals surface area contributed by atoms with Crippen LogP contribution in [0.2, 0.25) is 0 Å². The molecule has 0 saturated carbocycles. The standard InChI is InChI=1S/C22H21FN4O/c23-19-5-3-16(4-6-19)12-27-9-7-22(14-27)15-28-13-18-11-25-21(26-20(18)22)17-2-1-8-24-10-17/h1-6,8,10-11H,7,9,12-15H2/t22-/m1/s1. The summed E-state index contributed by atoms with van der Waals surface area (Å²) in [5, 5.41) is 0. The summed E-state index contributed by atoms with van der Waals surface area (Å²) in [7, 11) is 0. The molecule has 0 radical (unpaired) electrons. The summed E-state index contributed by atoms with van der Waals surface area (Å²) in [4.78, 5) is 16.1. The van der Waals surface area contributed by atoms with Gasteiger partial charge in [0, 0.05) is 42.8 Å². The van der Waals surface area contributed by atoms with Crippen LogP contribution in [0.1, 0.15) is 23.2 Å². The van der Waals surface area contributed by atoms with Crippen LogP contribution in [-0.4, -0.2) is 39.5 Å². The number of nitrogens with zero attached hydrogens (tertiary/aromatic N) is 4. The van der Waals surface area contributed by atoms with Crippen LogP contribution < -0.4 is 0 Å². The van der Waals surface area contributed by atoms with Gasteiger partial charge < -0.3 is 4.74 Å². The van der Waals surface area contributed by atoms with E-state index in [2.05, 4.69) is 14.9 Å². The largest absolute Gasteiger partial charge is 0.376 e. The van der Waals surface area contributed by atoms with Gasteiger partial charge in [-0.25, -0.2) is 14.4 Å². The van der Waals surface area contributed by atoms with Gasteiger partial charge in [0.25, 0.3) is 0 Å². The molecule has 0 bridgehead atoms. The molecule has 0 unspecified atom stereocenters. The molecule has 5 nitrogen and oxygen atoms in total. The minimum absolute atomic E-state index is 0.118. The summed E-state index contributed by atoms with van der Waals surface area (Å²) >= 11 is 0. The Kier molecular flexibility index (Phi) is 4.37. The molecular formula is C22H21FN4O. The highest BCUT2D eigenvalue weighted by atomic mass is 19.1. The predicted molar refractivity (Wildman–Crippen MR) is 103 cm³/mol. The highest BCUT2D eigenvalue weighted by Crippen LogP contribution is 2.40. The van der Waals surface area contributed by atoms with Crippen molar-refractivity contribution in [3.63, 3.8) is 0 Å². The molecular weight excluding hydrogens is 355 g/mol. The van der Waals surface area contributed by atoms with Gasteiger partial charge in [0.05, 0.1) is 24.3 Å². The lowest BCUT2D eigenvalue weighted by Gasteiger charge is -2.34. The van der Waals surface area contributed by atoms with E-state index in [1.54, 1.807) is 12.4 Å². The zero-order valence-corrected chi connectivity index (χ0v) is 15.5. The number of pyridine rings is 1. The number of benzene rings is 1. The van der Waals surface area contributed by atoms with Gasteiger partial charge in [-0.3, -0.25) is 9.88 Å². The third-order valence-corrected chi connectivity index (χ3v) is 5.67. The Labute approximate surface area is 163 Å². The molecule has 1 aromatic carbocycles. The molecule has 1 saturated heterocycles. The van der Waals surface area contributed by atoms with Crippen LogP contribution in [0.5, 0.6) is 0 Å². The number of hydrogen-bond donors (Lipinski definition) is 0. The molecule has 1 spiro atoms. The first-order valence-electron chi connectivity index (χ1n) is 9.53. The highest BCUT2D eigenvalue weighted by molar-refractivity contribution is 5.54. The topological polar surface area (TPSA) is 51.1 Å². The Hall–Kier alpha value is -2.70. The smallest absolute Gasteiger partial charge is 0.160 e. The maximum Gasteiger partial charge on any atom is 0.160 e. The third kappa shape index (κ3) is 3.19. The number of halogens is 1. The van der Waals surface area contributed by atoms with Gasteiger partial charge in [-0.2, -0.15) is 0 Å². The number of aromatic nitrogens is 3. The maximum absolute atomic E-state index is 13.2. The number of ether oxygens (including phenoxy) is 1. The first kappa shape index (κ1) is 17.4. The minimum Gasteiger partial charge on any atom is -0.376 e. The van der Waals surface area contributed by atoms with E-state index in [9.17, 15) is 4.39 Å². The van der Waals surface area contributed by atoms with Crippen LogP contribution in [0.4, 0.5) is 4.39 Å². The molecule has 2 aliphatic rings. The van der Waals surface area contributed by atoms with Crippen molar-refractivity contribution >= 4 is 0 Å². The van der Waals surface area contributed by atoms with Crippen molar-refractivity contribution in [1.82, 2.24) is 19.9 Å². The predicted octanol–water partition coefficient (Wildman–Crippen LogP) is 3.35. The fourth-order valence-electron chi connectivity index (χ4n) is 4.28. The molecule has 2 aromatic heterocycles. The Morgan fingerprint density at radius 2 is 2.04 bits per heavy atom.